The predicted octanol–water partition coefficient (Wildman–Crippen LogP) is 3.62. The third kappa shape index (κ3) is 4.82. The number of amides is 2. The first-order chi connectivity index (χ1) is 13.9. The Kier molecular flexibility index (Phi) is 6.64. The van der Waals surface area contributed by atoms with Crippen LogP contribution < -0.4 is 9.47 Å². The maximum absolute atomic E-state index is 13.0. The Morgan fingerprint density at radius 3 is 2.52 bits per heavy atom. The Bertz CT molecular complexity index is 883. The Hall–Kier alpha value is -2.73. The molecule has 1 aliphatic heterocycles. The van der Waals surface area contributed by atoms with E-state index in [2.05, 4.69) is 0 Å². The number of hydrogen-bond donors (Lipinski definition) is 0. The van der Waals surface area contributed by atoms with Gasteiger partial charge >= 0.3 is 0 Å². The van der Waals surface area contributed by atoms with Gasteiger partial charge in [-0.3, -0.25) is 9.59 Å². The fraction of sp³-hybridized carbons (Fsp3) is 0.364. The average molecular weight is 417 g/mol. The molecule has 0 N–H and O–H groups in total. The van der Waals surface area contributed by atoms with Crippen LogP contribution in [0.1, 0.15) is 28.8 Å². The topological polar surface area (TPSA) is 59.1 Å². The van der Waals surface area contributed by atoms with Gasteiger partial charge in [0.1, 0.15) is 12.6 Å². The molecule has 1 unspecified atom stereocenters. The summed E-state index contributed by atoms with van der Waals surface area (Å²) in [6.07, 6.45) is 1.50. The van der Waals surface area contributed by atoms with E-state index in [9.17, 15) is 9.59 Å². The van der Waals surface area contributed by atoms with Crippen LogP contribution in [0.4, 0.5) is 0 Å². The Balaban J connectivity index is 1.74. The third-order valence-corrected chi connectivity index (χ3v) is 5.21. The summed E-state index contributed by atoms with van der Waals surface area (Å²) in [7, 11) is 4.95. The van der Waals surface area contributed by atoms with Crippen molar-refractivity contribution in [2.75, 3.05) is 27.7 Å². The number of methoxy groups -OCH3 is 1. The molecular formula is C22H25ClN2O4. The number of rotatable bonds is 6. The normalized spacial score (nSPS) is 15.9. The van der Waals surface area contributed by atoms with E-state index in [4.69, 9.17) is 21.1 Å². The van der Waals surface area contributed by atoms with E-state index < -0.39 is 6.04 Å². The van der Waals surface area contributed by atoms with Gasteiger partial charge in [0.15, 0.2) is 11.5 Å². The number of halogens is 1. The first-order valence-corrected chi connectivity index (χ1v) is 9.86. The monoisotopic (exact) mass is 416 g/mol. The van der Waals surface area contributed by atoms with Crippen molar-refractivity contribution in [3.05, 3.63) is 58.6 Å². The molecule has 0 radical (unpaired) electrons. The molecule has 2 aromatic rings. The number of hydrogen-bond acceptors (Lipinski definition) is 4. The summed E-state index contributed by atoms with van der Waals surface area (Å²) in [6, 6.07) is 12.1. The van der Waals surface area contributed by atoms with Gasteiger partial charge in [-0.2, -0.15) is 0 Å². The van der Waals surface area contributed by atoms with Crippen molar-refractivity contribution < 1.29 is 19.1 Å². The first-order valence-electron chi connectivity index (χ1n) is 9.48. The van der Waals surface area contributed by atoms with Gasteiger partial charge in [0.2, 0.25) is 5.91 Å². The van der Waals surface area contributed by atoms with E-state index in [1.54, 1.807) is 49.3 Å². The molecule has 0 saturated carbocycles. The lowest BCUT2D eigenvalue weighted by atomic mass is 10.1. The van der Waals surface area contributed by atoms with E-state index in [-0.39, 0.29) is 11.8 Å². The van der Waals surface area contributed by atoms with Gasteiger partial charge in [0, 0.05) is 31.2 Å². The van der Waals surface area contributed by atoms with Crippen LogP contribution in [0.2, 0.25) is 5.02 Å². The number of ether oxygens (including phenoxy) is 2. The zero-order valence-corrected chi connectivity index (χ0v) is 17.6. The maximum Gasteiger partial charge on any atom is 0.254 e. The minimum atomic E-state index is -0.413. The summed E-state index contributed by atoms with van der Waals surface area (Å²) in [4.78, 5) is 28.6. The van der Waals surface area contributed by atoms with Crippen LogP contribution in [0, 0.1) is 0 Å². The van der Waals surface area contributed by atoms with E-state index in [1.165, 1.54) is 12.0 Å². The molecule has 1 saturated heterocycles. The lowest BCUT2D eigenvalue weighted by Gasteiger charge is -2.26. The second-order valence-electron chi connectivity index (χ2n) is 7.17. The van der Waals surface area contributed by atoms with Gasteiger partial charge in [-0.05, 0) is 48.7 Å². The molecule has 1 atom stereocenters. The molecule has 2 aromatic carbocycles. The molecule has 29 heavy (non-hydrogen) atoms. The standard InChI is InChI=1S/C22H25ClN2O4/c1-24(2)22(27)18-5-4-12-25(18)21(26)16-8-11-19(20(13-16)28-3)29-14-15-6-9-17(23)10-7-15/h6-11,13,18H,4-5,12,14H2,1-3H3. The molecule has 154 valence electrons. The lowest BCUT2D eigenvalue weighted by molar-refractivity contribution is -0.132. The van der Waals surface area contributed by atoms with Gasteiger partial charge in [-0.25, -0.2) is 0 Å². The number of benzene rings is 2. The number of carbonyl (C=O) groups is 2. The molecule has 1 aliphatic rings. The SMILES string of the molecule is COc1cc(C(=O)N2CCCC2C(=O)N(C)C)ccc1OCc1ccc(Cl)cc1. The maximum atomic E-state index is 13.0. The minimum absolute atomic E-state index is 0.0502. The molecule has 1 heterocycles. The second kappa shape index (κ2) is 9.18. The summed E-state index contributed by atoms with van der Waals surface area (Å²) in [5.41, 5.74) is 1.44. The molecule has 7 heteroatoms. The number of likely N-dealkylation sites (tertiary alicyclic amines) is 1. The summed E-state index contributed by atoms with van der Waals surface area (Å²) in [5, 5.41) is 0.669. The first kappa shape index (κ1) is 21.0. The lowest BCUT2D eigenvalue weighted by Crippen LogP contribution is -2.45. The molecule has 0 aliphatic carbocycles. The van der Waals surface area contributed by atoms with Crippen LogP contribution in [0.15, 0.2) is 42.5 Å². The van der Waals surface area contributed by atoms with Crippen LogP contribution in [0.25, 0.3) is 0 Å². The smallest absolute Gasteiger partial charge is 0.254 e. The summed E-state index contributed by atoms with van der Waals surface area (Å²) in [5.74, 6) is 0.789. The van der Waals surface area contributed by atoms with Crippen LogP contribution in [-0.2, 0) is 11.4 Å². The molecule has 2 amide bonds. The summed E-state index contributed by atoms with van der Waals surface area (Å²) >= 11 is 5.90. The predicted molar refractivity (Wildman–Crippen MR) is 112 cm³/mol. The van der Waals surface area contributed by atoms with Gasteiger partial charge in [-0.15, -0.1) is 0 Å². The van der Waals surface area contributed by atoms with Crippen LogP contribution in [0.5, 0.6) is 11.5 Å². The van der Waals surface area contributed by atoms with Gasteiger partial charge < -0.3 is 19.3 Å². The molecule has 0 aromatic heterocycles. The van der Waals surface area contributed by atoms with Gasteiger partial charge in [-0.1, -0.05) is 23.7 Å². The summed E-state index contributed by atoms with van der Waals surface area (Å²) in [6.45, 7) is 0.923. The highest BCUT2D eigenvalue weighted by Crippen LogP contribution is 2.31. The van der Waals surface area contributed by atoms with Gasteiger partial charge in [0.25, 0.3) is 5.91 Å². The largest absolute Gasteiger partial charge is 0.493 e. The molecule has 6 nitrogen and oxygen atoms in total. The molecule has 0 bridgehead atoms. The van der Waals surface area contributed by atoms with Crippen molar-refractivity contribution in [1.82, 2.24) is 9.80 Å². The van der Waals surface area contributed by atoms with Crippen molar-refractivity contribution in [3.63, 3.8) is 0 Å². The second-order valence-corrected chi connectivity index (χ2v) is 7.61. The van der Waals surface area contributed by atoms with Crippen LogP contribution in [-0.4, -0.2) is 55.4 Å². The van der Waals surface area contributed by atoms with Crippen molar-refractivity contribution in [2.45, 2.75) is 25.5 Å². The molecule has 0 spiro atoms. The Morgan fingerprint density at radius 1 is 1.14 bits per heavy atom. The van der Waals surface area contributed by atoms with E-state index in [0.29, 0.717) is 41.7 Å². The Labute approximate surface area is 176 Å². The van der Waals surface area contributed by atoms with E-state index >= 15 is 0 Å². The highest BCUT2D eigenvalue weighted by molar-refractivity contribution is 6.30. The van der Waals surface area contributed by atoms with Crippen molar-refractivity contribution in [1.29, 1.82) is 0 Å². The number of nitrogens with zero attached hydrogens (tertiary/aromatic N) is 2. The van der Waals surface area contributed by atoms with E-state index in [0.717, 1.165) is 12.0 Å². The highest BCUT2D eigenvalue weighted by atomic mass is 35.5. The quantitative estimate of drug-likeness (QED) is 0.721. The average Bonchev–Trinajstić information content (AvgIpc) is 3.21. The fourth-order valence-electron chi connectivity index (χ4n) is 3.39. The van der Waals surface area contributed by atoms with Crippen molar-refractivity contribution >= 4 is 23.4 Å². The van der Waals surface area contributed by atoms with Crippen molar-refractivity contribution in [3.8, 4) is 11.5 Å². The molecule has 1 fully saturated rings. The highest BCUT2D eigenvalue weighted by Gasteiger charge is 2.35. The zero-order valence-electron chi connectivity index (χ0n) is 16.9. The van der Waals surface area contributed by atoms with Gasteiger partial charge in [0.05, 0.1) is 7.11 Å². The van der Waals surface area contributed by atoms with Crippen molar-refractivity contribution in [2.24, 2.45) is 0 Å². The number of likely N-dealkylation sites (N-methyl/N-ethyl adjacent to an activating group) is 1. The zero-order chi connectivity index (χ0) is 21.0. The Morgan fingerprint density at radius 2 is 1.86 bits per heavy atom. The third-order valence-electron chi connectivity index (χ3n) is 4.96. The van der Waals surface area contributed by atoms with E-state index in [1.807, 2.05) is 12.1 Å². The van der Waals surface area contributed by atoms with Crippen LogP contribution in [0.3, 0.4) is 0 Å². The molecule has 3 rings (SSSR count). The minimum Gasteiger partial charge on any atom is -0.493 e. The van der Waals surface area contributed by atoms with Crippen LogP contribution >= 0.6 is 11.6 Å². The fourth-order valence-corrected chi connectivity index (χ4v) is 3.52. The molecular weight excluding hydrogens is 392 g/mol. The summed E-state index contributed by atoms with van der Waals surface area (Å²) < 4.78 is 11.3. The number of carbonyl (C=O) groups excluding carboxylic acids is 2.